The monoisotopic (exact) mass is 375 g/mol. The summed E-state index contributed by atoms with van der Waals surface area (Å²) >= 11 is 1.74. The van der Waals surface area contributed by atoms with Crippen LogP contribution in [0.1, 0.15) is 34.9 Å². The van der Waals surface area contributed by atoms with Gasteiger partial charge in [-0.15, -0.1) is 11.3 Å². The van der Waals surface area contributed by atoms with Crippen molar-refractivity contribution in [3.05, 3.63) is 45.6 Å². The van der Waals surface area contributed by atoms with Gasteiger partial charge in [-0.2, -0.15) is 0 Å². The molecular formula is C20H25NO4S. The molecule has 140 valence electrons. The van der Waals surface area contributed by atoms with Gasteiger partial charge in [0.2, 0.25) is 0 Å². The number of likely N-dealkylation sites (tertiary alicyclic amines) is 1. The predicted molar refractivity (Wildman–Crippen MR) is 102 cm³/mol. The maximum Gasteiger partial charge on any atom is 0.306 e. The van der Waals surface area contributed by atoms with E-state index in [1.54, 1.807) is 25.6 Å². The molecule has 1 unspecified atom stereocenters. The van der Waals surface area contributed by atoms with Gasteiger partial charge in [0.15, 0.2) is 0 Å². The standard InChI is InChI=1S/C20H25NO4S/c1-13-8-11-26-19(13)18(21-9-6-14(7-10-21)20(22)23)16-5-4-15(24-2)12-17(16)25-3/h4-5,8,11-12,14,18H,6-7,9-10H2,1-3H3,(H,22,23). The van der Waals surface area contributed by atoms with Crippen molar-refractivity contribution in [2.75, 3.05) is 27.3 Å². The minimum Gasteiger partial charge on any atom is -0.497 e. The van der Waals surface area contributed by atoms with E-state index in [9.17, 15) is 9.90 Å². The lowest BCUT2D eigenvalue weighted by atomic mass is 9.92. The fraction of sp³-hybridized carbons (Fsp3) is 0.450. The van der Waals surface area contributed by atoms with Crippen LogP contribution >= 0.6 is 11.3 Å². The first-order valence-electron chi connectivity index (χ1n) is 8.78. The van der Waals surface area contributed by atoms with Crippen LogP contribution in [0.4, 0.5) is 0 Å². The molecule has 2 heterocycles. The second kappa shape index (κ2) is 8.10. The highest BCUT2D eigenvalue weighted by Crippen LogP contribution is 2.41. The van der Waals surface area contributed by atoms with E-state index < -0.39 is 5.97 Å². The van der Waals surface area contributed by atoms with Gasteiger partial charge in [-0.25, -0.2) is 0 Å². The van der Waals surface area contributed by atoms with Crippen LogP contribution in [0, 0.1) is 12.8 Å². The number of nitrogens with zero attached hydrogens (tertiary/aromatic N) is 1. The molecule has 1 N–H and O–H groups in total. The lowest BCUT2D eigenvalue weighted by Crippen LogP contribution is -2.39. The highest BCUT2D eigenvalue weighted by molar-refractivity contribution is 7.10. The van der Waals surface area contributed by atoms with Crippen molar-refractivity contribution in [1.29, 1.82) is 0 Å². The van der Waals surface area contributed by atoms with E-state index in [0.717, 1.165) is 30.2 Å². The Morgan fingerprint density at radius 2 is 1.96 bits per heavy atom. The first-order chi connectivity index (χ1) is 12.5. The number of aryl methyl sites for hydroxylation is 1. The van der Waals surface area contributed by atoms with Crippen molar-refractivity contribution < 1.29 is 19.4 Å². The number of methoxy groups -OCH3 is 2. The highest BCUT2D eigenvalue weighted by atomic mass is 32.1. The van der Waals surface area contributed by atoms with Gasteiger partial charge < -0.3 is 14.6 Å². The first kappa shape index (κ1) is 18.7. The van der Waals surface area contributed by atoms with Crippen molar-refractivity contribution in [2.24, 2.45) is 5.92 Å². The molecule has 1 fully saturated rings. The maximum atomic E-state index is 11.3. The third kappa shape index (κ3) is 3.71. The number of hydrogen-bond acceptors (Lipinski definition) is 5. The number of piperidine rings is 1. The maximum absolute atomic E-state index is 11.3. The average Bonchev–Trinajstić information content (AvgIpc) is 3.08. The van der Waals surface area contributed by atoms with Gasteiger partial charge in [-0.1, -0.05) is 0 Å². The minimum absolute atomic E-state index is 0.0607. The zero-order valence-electron chi connectivity index (χ0n) is 15.4. The second-order valence-corrected chi connectivity index (χ2v) is 7.57. The van der Waals surface area contributed by atoms with Gasteiger partial charge in [-0.05, 0) is 62.0 Å². The molecule has 0 spiro atoms. The Morgan fingerprint density at radius 1 is 1.23 bits per heavy atom. The number of hydrogen-bond donors (Lipinski definition) is 1. The largest absolute Gasteiger partial charge is 0.497 e. The van der Waals surface area contributed by atoms with Crippen LogP contribution < -0.4 is 9.47 Å². The van der Waals surface area contributed by atoms with E-state index in [-0.39, 0.29) is 12.0 Å². The number of ether oxygens (including phenoxy) is 2. The fourth-order valence-electron chi connectivity index (χ4n) is 3.62. The van der Waals surface area contributed by atoms with E-state index in [0.29, 0.717) is 12.8 Å². The number of thiophene rings is 1. The average molecular weight is 375 g/mol. The normalized spacial score (nSPS) is 17.0. The van der Waals surface area contributed by atoms with Crippen LogP contribution in [-0.2, 0) is 4.79 Å². The summed E-state index contributed by atoms with van der Waals surface area (Å²) in [6.07, 6.45) is 1.35. The van der Waals surface area contributed by atoms with Crippen LogP contribution in [-0.4, -0.2) is 43.3 Å². The molecule has 0 radical (unpaired) electrons. The summed E-state index contributed by atoms with van der Waals surface area (Å²) in [5.41, 5.74) is 2.34. The number of rotatable bonds is 6. The Kier molecular flexibility index (Phi) is 5.84. The highest BCUT2D eigenvalue weighted by Gasteiger charge is 2.32. The van der Waals surface area contributed by atoms with E-state index in [1.807, 2.05) is 12.1 Å². The molecule has 5 nitrogen and oxygen atoms in total. The van der Waals surface area contributed by atoms with Gasteiger partial charge in [0, 0.05) is 16.5 Å². The lowest BCUT2D eigenvalue weighted by Gasteiger charge is -2.37. The summed E-state index contributed by atoms with van der Waals surface area (Å²) < 4.78 is 11.0. The van der Waals surface area contributed by atoms with Crippen molar-refractivity contribution in [1.82, 2.24) is 4.90 Å². The summed E-state index contributed by atoms with van der Waals surface area (Å²) in [6.45, 7) is 3.64. The van der Waals surface area contributed by atoms with Gasteiger partial charge in [0.1, 0.15) is 11.5 Å². The number of carboxylic acid groups (broad SMARTS) is 1. The third-order valence-corrected chi connectivity index (χ3v) is 6.20. The molecule has 0 bridgehead atoms. The molecule has 1 aromatic heterocycles. The number of carbonyl (C=O) groups is 1. The van der Waals surface area contributed by atoms with Crippen molar-refractivity contribution >= 4 is 17.3 Å². The lowest BCUT2D eigenvalue weighted by molar-refractivity contribution is -0.143. The molecule has 6 heteroatoms. The van der Waals surface area contributed by atoms with Crippen molar-refractivity contribution in [3.8, 4) is 11.5 Å². The molecule has 1 aliphatic rings. The quantitative estimate of drug-likeness (QED) is 0.828. The smallest absolute Gasteiger partial charge is 0.306 e. The fourth-order valence-corrected chi connectivity index (χ4v) is 4.69. The van der Waals surface area contributed by atoms with Crippen LogP contribution in [0.2, 0.25) is 0 Å². The van der Waals surface area contributed by atoms with E-state index >= 15 is 0 Å². The van der Waals surface area contributed by atoms with Crippen molar-refractivity contribution in [2.45, 2.75) is 25.8 Å². The Hall–Kier alpha value is -2.05. The Morgan fingerprint density at radius 3 is 2.50 bits per heavy atom. The predicted octanol–water partition coefficient (Wildman–Crippen LogP) is 3.96. The van der Waals surface area contributed by atoms with Gasteiger partial charge in [0.05, 0.1) is 26.2 Å². The Labute approximate surface area is 158 Å². The summed E-state index contributed by atoms with van der Waals surface area (Å²) in [6, 6.07) is 8.12. The topological polar surface area (TPSA) is 59.0 Å². The zero-order valence-corrected chi connectivity index (χ0v) is 16.2. The molecule has 2 aromatic rings. The molecule has 1 atom stereocenters. The van der Waals surface area contributed by atoms with Crippen LogP contribution in [0.15, 0.2) is 29.6 Å². The molecule has 1 aromatic carbocycles. The molecule has 3 rings (SSSR count). The molecule has 1 aliphatic heterocycles. The first-order valence-corrected chi connectivity index (χ1v) is 9.66. The summed E-state index contributed by atoms with van der Waals surface area (Å²) in [4.78, 5) is 15.0. The number of carboxylic acids is 1. The number of benzene rings is 1. The van der Waals surface area contributed by atoms with E-state index in [2.05, 4.69) is 29.3 Å². The molecule has 0 aliphatic carbocycles. The van der Waals surface area contributed by atoms with E-state index in [4.69, 9.17) is 9.47 Å². The SMILES string of the molecule is COc1ccc(C(c2sccc2C)N2CCC(C(=O)O)CC2)c(OC)c1. The Bertz CT molecular complexity index is 765. The van der Waals surface area contributed by atoms with E-state index in [1.165, 1.54) is 10.4 Å². The zero-order chi connectivity index (χ0) is 18.7. The minimum atomic E-state index is -0.685. The van der Waals surface area contributed by atoms with Crippen LogP contribution in [0.5, 0.6) is 11.5 Å². The van der Waals surface area contributed by atoms with Crippen molar-refractivity contribution in [3.63, 3.8) is 0 Å². The third-order valence-electron chi connectivity index (χ3n) is 5.13. The molecule has 0 saturated carbocycles. The van der Waals surface area contributed by atoms with Gasteiger partial charge in [0.25, 0.3) is 0 Å². The summed E-state index contributed by atoms with van der Waals surface area (Å²) in [5, 5.41) is 11.4. The van der Waals surface area contributed by atoms with Gasteiger partial charge >= 0.3 is 5.97 Å². The van der Waals surface area contributed by atoms with Crippen LogP contribution in [0.3, 0.4) is 0 Å². The Balaban J connectivity index is 1.98. The summed E-state index contributed by atoms with van der Waals surface area (Å²) in [5.74, 6) is 0.629. The van der Waals surface area contributed by atoms with Crippen LogP contribution in [0.25, 0.3) is 0 Å². The summed E-state index contributed by atoms with van der Waals surface area (Å²) in [7, 11) is 3.32. The van der Waals surface area contributed by atoms with Gasteiger partial charge in [-0.3, -0.25) is 9.69 Å². The molecule has 1 saturated heterocycles. The molecular weight excluding hydrogens is 350 g/mol. The molecule has 0 amide bonds. The number of aliphatic carboxylic acids is 1. The second-order valence-electron chi connectivity index (χ2n) is 6.63. The molecule has 26 heavy (non-hydrogen) atoms.